The summed E-state index contributed by atoms with van der Waals surface area (Å²) in [5.74, 6) is 5.74. The number of nitriles is 1. The van der Waals surface area contributed by atoms with E-state index in [9.17, 15) is 4.79 Å². The molecule has 0 aromatic carbocycles. The van der Waals surface area contributed by atoms with Crippen molar-refractivity contribution >= 4 is 5.97 Å². The molecule has 0 aromatic heterocycles. The zero-order chi connectivity index (χ0) is 29.3. The molecule has 3 heteroatoms. The molecule has 0 saturated heterocycles. The lowest BCUT2D eigenvalue weighted by Crippen LogP contribution is -2.52. The van der Waals surface area contributed by atoms with Crippen LogP contribution >= 0.6 is 0 Å². The topological polar surface area (TPSA) is 50.1 Å². The Bertz CT molecular complexity index is 831. The molecule has 3 nitrogen and oxygen atoms in total. The summed E-state index contributed by atoms with van der Waals surface area (Å²) in [5, 5.41) is 6.50. The summed E-state index contributed by atoms with van der Waals surface area (Å²) >= 11 is 0. The Morgan fingerprint density at radius 2 is 1.55 bits per heavy atom. The number of hydrogen-bond acceptors (Lipinski definition) is 3. The monoisotopic (exact) mass is 553 g/mol. The summed E-state index contributed by atoms with van der Waals surface area (Å²) in [4.78, 5) is 12.6. The fourth-order valence-corrected chi connectivity index (χ4v) is 10.0. The molecule has 228 valence electrons. The Morgan fingerprint density at radius 1 is 0.875 bits per heavy atom. The van der Waals surface area contributed by atoms with Gasteiger partial charge in [-0.2, -0.15) is 0 Å². The first kappa shape index (κ1) is 33.2. The van der Waals surface area contributed by atoms with E-state index in [4.69, 9.17) is 10.00 Å². The van der Waals surface area contributed by atoms with E-state index in [1.807, 2.05) is 0 Å². The van der Waals surface area contributed by atoms with Gasteiger partial charge in [0.15, 0.2) is 0 Å². The van der Waals surface area contributed by atoms with Crippen molar-refractivity contribution in [2.75, 3.05) is 0 Å². The standard InChI is InChI=1S/C36H62O2.CHN/c1-7-8-9-10-11-12-16-34(37)38-29-21-23-35(5)28(25-29)17-18-30-32-20-19-31(27(4)15-13-14-26(2)3)36(32,6)24-22-33(30)35;1-2/h17-18,26-33H,7-16,19-25H2,1-6H3;1H/t27-,28?,29+,30+,31-,32+,33+,35+,36-;/m1./s1. The minimum atomic E-state index is 0.0553. The molecule has 3 saturated carbocycles. The molecular weight excluding hydrogens is 490 g/mol. The van der Waals surface area contributed by atoms with E-state index in [2.05, 4.69) is 60.3 Å². The van der Waals surface area contributed by atoms with Gasteiger partial charge >= 0.3 is 5.97 Å². The minimum absolute atomic E-state index is 0.0553. The predicted molar refractivity (Wildman–Crippen MR) is 168 cm³/mol. The van der Waals surface area contributed by atoms with Crippen molar-refractivity contribution in [2.24, 2.45) is 52.3 Å². The molecule has 9 atom stereocenters. The normalized spacial score (nSPS) is 37.0. The highest BCUT2D eigenvalue weighted by Crippen LogP contribution is 2.67. The van der Waals surface area contributed by atoms with Gasteiger partial charge in [0.05, 0.1) is 0 Å². The van der Waals surface area contributed by atoms with Crippen molar-refractivity contribution in [3.63, 3.8) is 0 Å². The molecule has 4 rings (SSSR count). The van der Waals surface area contributed by atoms with Gasteiger partial charge in [-0.05, 0) is 104 Å². The van der Waals surface area contributed by atoms with Crippen LogP contribution in [-0.2, 0) is 9.53 Å². The predicted octanol–water partition coefficient (Wildman–Crippen LogP) is 10.7. The highest BCUT2D eigenvalue weighted by atomic mass is 16.5. The maximum absolute atomic E-state index is 12.6. The smallest absolute Gasteiger partial charge is 0.306 e. The minimum Gasteiger partial charge on any atom is -0.462 e. The van der Waals surface area contributed by atoms with E-state index in [-0.39, 0.29) is 12.1 Å². The summed E-state index contributed by atoms with van der Waals surface area (Å²) in [6.07, 6.45) is 26.7. The maximum atomic E-state index is 12.6. The third-order valence-electron chi connectivity index (χ3n) is 12.3. The maximum Gasteiger partial charge on any atom is 0.306 e. The van der Waals surface area contributed by atoms with E-state index in [1.165, 1.54) is 83.5 Å². The number of esters is 1. The third kappa shape index (κ3) is 7.55. The van der Waals surface area contributed by atoms with E-state index in [0.29, 0.717) is 23.2 Å². The number of carbonyl (C=O) groups excluding carboxylic acids is 1. The van der Waals surface area contributed by atoms with Gasteiger partial charge in [0.25, 0.3) is 0 Å². The van der Waals surface area contributed by atoms with Crippen LogP contribution in [0.3, 0.4) is 0 Å². The van der Waals surface area contributed by atoms with Crippen LogP contribution in [0.15, 0.2) is 12.2 Å². The van der Waals surface area contributed by atoms with Crippen LogP contribution in [0.25, 0.3) is 0 Å². The molecule has 0 aromatic rings. The Kier molecular flexibility index (Phi) is 12.7. The van der Waals surface area contributed by atoms with E-state index in [1.54, 1.807) is 0 Å². The van der Waals surface area contributed by atoms with Gasteiger partial charge in [-0.15, -0.1) is 0 Å². The number of unbranched alkanes of at least 4 members (excludes halogenated alkanes) is 5. The average Bonchev–Trinajstić information content (AvgIpc) is 3.29. The van der Waals surface area contributed by atoms with E-state index in [0.717, 1.165) is 54.8 Å². The zero-order valence-electron chi connectivity index (χ0n) is 27.1. The Labute approximate surface area is 248 Å². The highest BCUT2D eigenvalue weighted by molar-refractivity contribution is 5.69. The van der Waals surface area contributed by atoms with Crippen LogP contribution in [0, 0.1) is 64.1 Å². The van der Waals surface area contributed by atoms with Crippen molar-refractivity contribution in [1.29, 1.82) is 5.26 Å². The molecule has 1 unspecified atom stereocenters. The second-order valence-corrected chi connectivity index (χ2v) is 15.2. The Morgan fingerprint density at radius 3 is 2.27 bits per heavy atom. The van der Waals surface area contributed by atoms with Crippen LogP contribution < -0.4 is 0 Å². The Hall–Kier alpha value is -1.30. The molecule has 0 radical (unpaired) electrons. The van der Waals surface area contributed by atoms with Gasteiger partial charge in [0, 0.05) is 13.0 Å². The van der Waals surface area contributed by atoms with Crippen molar-refractivity contribution in [1.82, 2.24) is 0 Å². The number of fused-ring (bicyclic) bond motifs is 5. The first-order chi connectivity index (χ1) is 19.2. The summed E-state index contributed by atoms with van der Waals surface area (Å²) < 4.78 is 6.05. The first-order valence-electron chi connectivity index (χ1n) is 17.3. The largest absolute Gasteiger partial charge is 0.462 e. The van der Waals surface area contributed by atoms with Crippen LogP contribution in [0.5, 0.6) is 0 Å². The van der Waals surface area contributed by atoms with Gasteiger partial charge < -0.3 is 4.74 Å². The second-order valence-electron chi connectivity index (χ2n) is 15.2. The molecule has 4 aliphatic carbocycles. The number of carbonyl (C=O) groups is 1. The average molecular weight is 554 g/mol. The van der Waals surface area contributed by atoms with Crippen LogP contribution in [-0.4, -0.2) is 12.1 Å². The summed E-state index contributed by atoms with van der Waals surface area (Å²) in [6.45, 7) is 18.4. The van der Waals surface area contributed by atoms with Crippen LogP contribution in [0.4, 0.5) is 0 Å². The third-order valence-corrected chi connectivity index (χ3v) is 12.3. The molecule has 3 fully saturated rings. The molecular formula is C37H63NO2. The summed E-state index contributed by atoms with van der Waals surface area (Å²) in [6, 6.07) is 0. The molecule has 0 amide bonds. The van der Waals surface area contributed by atoms with Crippen molar-refractivity contribution in [2.45, 2.75) is 157 Å². The van der Waals surface area contributed by atoms with Crippen molar-refractivity contribution in [3.05, 3.63) is 12.2 Å². The van der Waals surface area contributed by atoms with Gasteiger partial charge in [0.2, 0.25) is 0 Å². The molecule has 0 N–H and O–H groups in total. The fourth-order valence-electron chi connectivity index (χ4n) is 10.0. The quantitative estimate of drug-likeness (QED) is 0.129. The van der Waals surface area contributed by atoms with E-state index < -0.39 is 0 Å². The SMILES string of the molecule is C#N.CCCCCCCCC(=O)O[C@H]1CC[C@@]2(C)C(C=C[C@H]3[C@@H]4CC[C@H]([C@H](C)CCCC(C)C)[C@@]4(C)CC[C@@H]32)C1. The van der Waals surface area contributed by atoms with Gasteiger partial charge in [-0.3, -0.25) is 4.79 Å². The number of nitrogens with zero attached hydrogens (tertiary/aromatic N) is 1. The van der Waals surface area contributed by atoms with E-state index >= 15 is 0 Å². The number of hydrogen-bond donors (Lipinski definition) is 0. The van der Waals surface area contributed by atoms with Crippen molar-refractivity contribution in [3.8, 4) is 6.57 Å². The number of rotatable bonds is 13. The number of allylic oxidation sites excluding steroid dienone is 2. The second kappa shape index (κ2) is 15.3. The molecule has 40 heavy (non-hydrogen) atoms. The van der Waals surface area contributed by atoms with Gasteiger partial charge in [0.1, 0.15) is 6.10 Å². The molecule has 4 aliphatic rings. The molecule has 0 spiro atoms. The first-order valence-corrected chi connectivity index (χ1v) is 17.3. The lowest BCUT2D eigenvalue weighted by Gasteiger charge is -2.59. The van der Waals surface area contributed by atoms with Crippen LogP contribution in [0.2, 0.25) is 0 Å². The van der Waals surface area contributed by atoms with Crippen LogP contribution in [0.1, 0.15) is 151 Å². The molecule has 0 aliphatic heterocycles. The van der Waals surface area contributed by atoms with Gasteiger partial charge in [-0.1, -0.05) is 105 Å². The lowest BCUT2D eigenvalue weighted by atomic mass is 9.46. The highest BCUT2D eigenvalue weighted by Gasteiger charge is 2.59. The molecule has 0 bridgehead atoms. The fraction of sp³-hybridized carbons (Fsp3) is 0.892. The zero-order valence-corrected chi connectivity index (χ0v) is 27.1. The summed E-state index contributed by atoms with van der Waals surface area (Å²) in [7, 11) is 0. The molecule has 0 heterocycles. The summed E-state index contributed by atoms with van der Waals surface area (Å²) in [5.41, 5.74) is 0.930. The lowest BCUT2D eigenvalue weighted by molar-refractivity contribution is -0.155. The van der Waals surface area contributed by atoms with Gasteiger partial charge in [-0.25, -0.2) is 5.26 Å². The Balaban J connectivity index is 0.00000216. The van der Waals surface area contributed by atoms with Crippen molar-refractivity contribution < 1.29 is 9.53 Å². The number of ether oxygens (including phenoxy) is 1.